The average molecular weight is 256 g/mol. The van der Waals surface area contributed by atoms with Crippen molar-refractivity contribution in [1.82, 2.24) is 19.7 Å². The first-order valence-electron chi connectivity index (χ1n) is 5.42. The predicted molar refractivity (Wildman–Crippen MR) is 66.4 cm³/mol. The summed E-state index contributed by atoms with van der Waals surface area (Å²) in [5, 5.41) is 13.3. The predicted octanol–water partition coefficient (Wildman–Crippen LogP) is 0.807. The van der Waals surface area contributed by atoms with E-state index in [1.807, 2.05) is 0 Å². The molecule has 2 N–H and O–H groups in total. The largest absolute Gasteiger partial charge is 0.478 e. The quantitative estimate of drug-likeness (QED) is 0.706. The molecule has 2 heterocycles. The van der Waals surface area contributed by atoms with E-state index in [1.165, 1.54) is 29.3 Å². The molecule has 0 saturated carbocycles. The third-order valence-electron chi connectivity index (χ3n) is 2.73. The zero-order valence-electron chi connectivity index (χ0n) is 9.57. The van der Waals surface area contributed by atoms with Crippen LogP contribution in [0.1, 0.15) is 10.4 Å². The molecule has 0 bridgehead atoms. The minimum atomic E-state index is -0.994. The van der Waals surface area contributed by atoms with E-state index in [1.54, 1.807) is 12.1 Å². The summed E-state index contributed by atoms with van der Waals surface area (Å²) in [7, 11) is 0. The molecular weight excluding hydrogens is 248 g/mol. The highest BCUT2D eigenvalue weighted by atomic mass is 16.4. The lowest BCUT2D eigenvalue weighted by Crippen LogP contribution is -2.06. The van der Waals surface area contributed by atoms with Gasteiger partial charge in [0.15, 0.2) is 5.65 Å². The third-order valence-corrected chi connectivity index (χ3v) is 2.73. The molecule has 1 aromatic carbocycles. The Bertz CT molecular complexity index is 817. The van der Waals surface area contributed by atoms with Gasteiger partial charge in [0.05, 0.1) is 23.8 Å². The molecule has 0 saturated heterocycles. The summed E-state index contributed by atoms with van der Waals surface area (Å²) >= 11 is 0. The third kappa shape index (κ3) is 1.77. The topological polar surface area (TPSA) is 101 Å². The maximum atomic E-state index is 11.5. The van der Waals surface area contributed by atoms with Gasteiger partial charge in [0.2, 0.25) is 0 Å². The first-order chi connectivity index (χ1) is 9.16. The van der Waals surface area contributed by atoms with Crippen LogP contribution in [-0.2, 0) is 0 Å². The number of H-pyrrole nitrogens is 1. The van der Waals surface area contributed by atoms with Crippen molar-refractivity contribution in [3.8, 4) is 5.69 Å². The van der Waals surface area contributed by atoms with Crippen LogP contribution in [-0.4, -0.2) is 30.8 Å². The molecule has 0 aliphatic rings. The number of benzene rings is 1. The zero-order chi connectivity index (χ0) is 13.4. The van der Waals surface area contributed by atoms with E-state index in [2.05, 4.69) is 15.1 Å². The van der Waals surface area contributed by atoms with Gasteiger partial charge in [0.1, 0.15) is 5.39 Å². The first kappa shape index (κ1) is 11.1. The Kier molecular flexibility index (Phi) is 2.38. The van der Waals surface area contributed by atoms with E-state index in [0.29, 0.717) is 16.7 Å². The number of hydrogen-bond acceptors (Lipinski definition) is 4. The number of nitrogens with zero attached hydrogens (tertiary/aromatic N) is 3. The Morgan fingerprint density at radius 1 is 1.26 bits per heavy atom. The standard InChI is InChI=1S/C12H8N4O3/c17-11-9-5-15-16(10(9)13-6-14-11)8-3-1-7(2-4-8)12(18)19/h1-6H,(H,18,19)(H,13,14,17). The number of aromatic carboxylic acids is 1. The number of nitrogens with one attached hydrogen (secondary N) is 1. The van der Waals surface area contributed by atoms with Gasteiger partial charge in [-0.2, -0.15) is 5.10 Å². The highest BCUT2D eigenvalue weighted by Crippen LogP contribution is 2.14. The second-order valence-electron chi connectivity index (χ2n) is 3.88. The molecule has 0 aliphatic carbocycles. The van der Waals surface area contributed by atoms with Gasteiger partial charge in [-0.25, -0.2) is 14.5 Å². The van der Waals surface area contributed by atoms with Crippen LogP contribution < -0.4 is 5.56 Å². The molecule has 0 fully saturated rings. The molecule has 0 spiro atoms. The van der Waals surface area contributed by atoms with Crippen LogP contribution in [0.3, 0.4) is 0 Å². The summed E-state index contributed by atoms with van der Waals surface area (Å²) in [5.74, 6) is -0.994. The number of rotatable bonds is 2. The van der Waals surface area contributed by atoms with Gasteiger partial charge in [0, 0.05) is 0 Å². The second kappa shape index (κ2) is 4.05. The average Bonchev–Trinajstić information content (AvgIpc) is 2.84. The number of aromatic nitrogens is 4. The highest BCUT2D eigenvalue weighted by molar-refractivity contribution is 5.87. The van der Waals surface area contributed by atoms with Gasteiger partial charge < -0.3 is 10.1 Å². The fourth-order valence-corrected chi connectivity index (χ4v) is 1.79. The lowest BCUT2D eigenvalue weighted by molar-refractivity contribution is 0.0697. The summed E-state index contributed by atoms with van der Waals surface area (Å²) < 4.78 is 1.48. The number of carboxylic acid groups (broad SMARTS) is 1. The maximum absolute atomic E-state index is 11.5. The molecule has 19 heavy (non-hydrogen) atoms. The van der Waals surface area contributed by atoms with Crippen LogP contribution in [0, 0.1) is 0 Å². The van der Waals surface area contributed by atoms with Crippen LogP contribution in [0.2, 0.25) is 0 Å². The van der Waals surface area contributed by atoms with E-state index in [4.69, 9.17) is 5.11 Å². The zero-order valence-corrected chi connectivity index (χ0v) is 9.57. The summed E-state index contributed by atoms with van der Waals surface area (Å²) in [6, 6.07) is 6.16. The van der Waals surface area contributed by atoms with Gasteiger partial charge in [-0.3, -0.25) is 4.79 Å². The van der Waals surface area contributed by atoms with Crippen molar-refractivity contribution in [3.05, 3.63) is 52.7 Å². The minimum Gasteiger partial charge on any atom is -0.478 e. The van der Waals surface area contributed by atoms with Gasteiger partial charge in [-0.15, -0.1) is 0 Å². The van der Waals surface area contributed by atoms with Crippen LogP contribution in [0.25, 0.3) is 16.7 Å². The van der Waals surface area contributed by atoms with E-state index < -0.39 is 5.97 Å². The maximum Gasteiger partial charge on any atom is 0.335 e. The molecule has 0 radical (unpaired) electrons. The smallest absolute Gasteiger partial charge is 0.335 e. The van der Waals surface area contributed by atoms with Crippen LogP contribution in [0.5, 0.6) is 0 Å². The normalized spacial score (nSPS) is 10.7. The van der Waals surface area contributed by atoms with E-state index in [9.17, 15) is 9.59 Å². The van der Waals surface area contributed by atoms with Crippen molar-refractivity contribution >= 4 is 17.0 Å². The molecule has 7 nitrogen and oxygen atoms in total. The fraction of sp³-hybridized carbons (Fsp3) is 0. The Hall–Kier alpha value is -2.96. The molecule has 7 heteroatoms. The molecule has 94 valence electrons. The number of carboxylic acids is 1. The summed E-state index contributed by atoms with van der Waals surface area (Å²) in [4.78, 5) is 28.8. The Labute approximate surface area is 106 Å². The van der Waals surface area contributed by atoms with E-state index in [-0.39, 0.29) is 11.1 Å². The van der Waals surface area contributed by atoms with Gasteiger partial charge in [-0.1, -0.05) is 0 Å². The molecule has 0 atom stereocenters. The van der Waals surface area contributed by atoms with Crippen LogP contribution in [0.15, 0.2) is 41.6 Å². The van der Waals surface area contributed by atoms with Crippen LogP contribution in [0.4, 0.5) is 0 Å². The number of aromatic amines is 1. The van der Waals surface area contributed by atoms with E-state index >= 15 is 0 Å². The molecule has 0 unspecified atom stereocenters. The molecule has 3 rings (SSSR count). The fourth-order valence-electron chi connectivity index (χ4n) is 1.79. The molecule has 2 aromatic heterocycles. The number of fused-ring (bicyclic) bond motifs is 1. The van der Waals surface area contributed by atoms with Gasteiger partial charge in [-0.05, 0) is 24.3 Å². The van der Waals surface area contributed by atoms with E-state index in [0.717, 1.165) is 0 Å². The van der Waals surface area contributed by atoms with Gasteiger partial charge >= 0.3 is 5.97 Å². The van der Waals surface area contributed by atoms with Crippen molar-refractivity contribution in [2.45, 2.75) is 0 Å². The number of carbonyl (C=O) groups is 1. The monoisotopic (exact) mass is 256 g/mol. The molecule has 3 aromatic rings. The first-order valence-corrected chi connectivity index (χ1v) is 5.42. The lowest BCUT2D eigenvalue weighted by atomic mass is 10.2. The summed E-state index contributed by atoms with van der Waals surface area (Å²) in [5.41, 5.74) is 0.981. The second-order valence-corrected chi connectivity index (χ2v) is 3.88. The minimum absolute atomic E-state index is 0.186. The van der Waals surface area contributed by atoms with Crippen molar-refractivity contribution in [2.24, 2.45) is 0 Å². The summed E-state index contributed by atoms with van der Waals surface area (Å²) in [6.45, 7) is 0. The highest BCUT2D eigenvalue weighted by Gasteiger charge is 2.09. The SMILES string of the molecule is O=C(O)c1ccc(-n2ncc3c(=O)[nH]cnc32)cc1. The Morgan fingerprint density at radius 2 is 2.00 bits per heavy atom. The molecular formula is C12H8N4O3. The van der Waals surface area contributed by atoms with Crippen LogP contribution >= 0.6 is 0 Å². The van der Waals surface area contributed by atoms with Crippen molar-refractivity contribution in [3.63, 3.8) is 0 Å². The number of hydrogen-bond donors (Lipinski definition) is 2. The lowest BCUT2D eigenvalue weighted by Gasteiger charge is -2.02. The molecule has 0 aliphatic heterocycles. The van der Waals surface area contributed by atoms with Crippen molar-refractivity contribution in [2.75, 3.05) is 0 Å². The summed E-state index contributed by atoms with van der Waals surface area (Å²) in [6.07, 6.45) is 2.72. The Morgan fingerprint density at radius 3 is 2.68 bits per heavy atom. The van der Waals surface area contributed by atoms with Gasteiger partial charge in [0.25, 0.3) is 5.56 Å². The van der Waals surface area contributed by atoms with Crippen molar-refractivity contribution < 1.29 is 9.90 Å². The van der Waals surface area contributed by atoms with Crippen molar-refractivity contribution in [1.29, 1.82) is 0 Å². The molecule has 0 amide bonds. The Balaban J connectivity index is 2.17.